The maximum Gasteiger partial charge on any atom is 0.408 e. The Kier molecular flexibility index (Phi) is 7.93. The summed E-state index contributed by atoms with van der Waals surface area (Å²) in [5.41, 5.74) is 2.01. The van der Waals surface area contributed by atoms with Gasteiger partial charge in [0, 0.05) is 17.0 Å². The summed E-state index contributed by atoms with van der Waals surface area (Å²) in [4.78, 5) is 26.0. The number of carbonyl (C=O) groups is 2. The minimum Gasteiger partial charge on any atom is -0.504 e. The summed E-state index contributed by atoms with van der Waals surface area (Å²) in [7, 11) is -3.64. The first-order chi connectivity index (χ1) is 19.6. The molecular weight excluding hydrogens is 546 g/mol. The van der Waals surface area contributed by atoms with Gasteiger partial charge >= 0.3 is 6.09 Å². The highest BCUT2D eigenvalue weighted by Crippen LogP contribution is 2.50. The molecule has 11 heteroatoms. The fourth-order valence-electron chi connectivity index (χ4n) is 4.52. The first-order valence-corrected chi connectivity index (χ1v) is 14.5. The van der Waals surface area contributed by atoms with Crippen molar-refractivity contribution in [1.82, 2.24) is 9.88 Å². The Bertz CT molecular complexity index is 1690. The van der Waals surface area contributed by atoms with Crippen LogP contribution < -0.4 is 10.0 Å². The summed E-state index contributed by atoms with van der Waals surface area (Å²) in [5.74, 6) is -0.842. The fourth-order valence-corrected chi connectivity index (χ4v) is 5.65. The van der Waals surface area contributed by atoms with E-state index in [0.29, 0.717) is 23.0 Å². The van der Waals surface area contributed by atoms with E-state index in [1.165, 1.54) is 12.3 Å². The lowest BCUT2D eigenvalue weighted by molar-refractivity contribution is 0.0821. The van der Waals surface area contributed by atoms with Crippen molar-refractivity contribution in [3.8, 4) is 5.75 Å². The van der Waals surface area contributed by atoms with Crippen molar-refractivity contribution < 1.29 is 33.0 Å². The molecule has 5 rings (SSSR count). The van der Waals surface area contributed by atoms with Crippen LogP contribution in [0.2, 0.25) is 0 Å². The van der Waals surface area contributed by atoms with Gasteiger partial charge in [0.15, 0.2) is 5.75 Å². The Hall–Kier alpha value is -4.45. The maximum absolute atomic E-state index is 13.4. The Labute approximate surface area is 238 Å². The predicted octanol–water partition coefficient (Wildman–Crippen LogP) is 7.21. The number of nitrogens with one attached hydrogen (secondary N) is 2. The summed E-state index contributed by atoms with van der Waals surface area (Å²) in [6, 6.07) is 20.4. The Morgan fingerprint density at radius 1 is 0.951 bits per heavy atom. The molecule has 0 fully saturated rings. The second-order valence-corrected chi connectivity index (χ2v) is 11.9. The third kappa shape index (κ3) is 6.32. The highest BCUT2D eigenvalue weighted by molar-refractivity contribution is 8.25. The van der Waals surface area contributed by atoms with E-state index in [0.717, 1.165) is 21.7 Å². The Balaban J connectivity index is 1.32. The maximum atomic E-state index is 13.4. The van der Waals surface area contributed by atoms with Gasteiger partial charge in [-0.1, -0.05) is 73.2 Å². The van der Waals surface area contributed by atoms with Crippen molar-refractivity contribution in [2.24, 2.45) is 5.92 Å². The molecule has 0 saturated heterocycles. The molecule has 214 valence electrons. The molecule has 0 spiro atoms. The number of hydrogen-bond donors (Lipinski definition) is 5. The quantitative estimate of drug-likeness (QED) is 0.123. The van der Waals surface area contributed by atoms with E-state index in [1.807, 2.05) is 68.4 Å². The van der Waals surface area contributed by atoms with Crippen LogP contribution >= 0.6 is 10.8 Å². The molecule has 1 atom stereocenters. The minimum absolute atomic E-state index is 0.0475. The minimum atomic E-state index is -3.64. The molecule has 0 unspecified atom stereocenters. The van der Waals surface area contributed by atoms with E-state index < -0.39 is 28.8 Å². The van der Waals surface area contributed by atoms with Crippen molar-refractivity contribution in [3.05, 3.63) is 90.8 Å². The predicted molar refractivity (Wildman–Crippen MR) is 158 cm³/mol. The van der Waals surface area contributed by atoms with Crippen LogP contribution in [0.5, 0.6) is 5.75 Å². The number of rotatable bonds is 9. The third-order valence-electron chi connectivity index (χ3n) is 6.50. The number of alkyl carbamates (subject to hydrolysis) is 1. The van der Waals surface area contributed by atoms with Crippen molar-refractivity contribution in [2.45, 2.75) is 37.8 Å². The number of furan rings is 1. The lowest BCUT2D eigenvalue weighted by atomic mass is 10.0. The van der Waals surface area contributed by atoms with E-state index in [-0.39, 0.29) is 28.9 Å². The number of benzene rings is 3. The number of ether oxygens (including phenoxy) is 1. The molecule has 3 aromatic carbocycles. The number of aromatic hydroxyl groups is 1. The van der Waals surface area contributed by atoms with Crippen LogP contribution in [0.25, 0.3) is 21.9 Å². The van der Waals surface area contributed by atoms with Gasteiger partial charge in [-0.25, -0.2) is 4.79 Å². The van der Waals surface area contributed by atoms with E-state index in [4.69, 9.17) is 9.15 Å². The van der Waals surface area contributed by atoms with Crippen LogP contribution in [0.1, 0.15) is 30.6 Å². The topological polar surface area (TPSA) is 146 Å². The van der Waals surface area contributed by atoms with Crippen LogP contribution in [0.4, 0.5) is 10.5 Å². The third-order valence-corrected chi connectivity index (χ3v) is 7.91. The smallest absolute Gasteiger partial charge is 0.408 e. The van der Waals surface area contributed by atoms with Gasteiger partial charge in [-0.15, -0.1) is 0 Å². The number of hydrogen-bond acceptors (Lipinski definition) is 8. The molecule has 5 aromatic rings. The lowest BCUT2D eigenvalue weighted by Crippen LogP contribution is -2.44. The summed E-state index contributed by atoms with van der Waals surface area (Å²) < 4.78 is 36.8. The van der Waals surface area contributed by atoms with Gasteiger partial charge in [0.05, 0.1) is 11.1 Å². The summed E-state index contributed by atoms with van der Waals surface area (Å²) in [6.07, 6.45) is 1.97. The largest absolute Gasteiger partial charge is 0.504 e. The summed E-state index contributed by atoms with van der Waals surface area (Å²) >= 11 is 0. The Morgan fingerprint density at radius 3 is 2.41 bits per heavy atom. The van der Waals surface area contributed by atoms with Gasteiger partial charge in [-0.3, -0.25) is 23.2 Å². The van der Waals surface area contributed by atoms with Gasteiger partial charge in [0.2, 0.25) is 0 Å². The molecule has 0 aliphatic carbocycles. The van der Waals surface area contributed by atoms with E-state index in [9.17, 15) is 23.8 Å². The molecule has 5 N–H and O–H groups in total. The molecule has 2 heterocycles. The molecule has 2 aromatic heterocycles. The molecule has 0 radical (unpaired) electrons. The molecule has 0 aliphatic rings. The van der Waals surface area contributed by atoms with Crippen molar-refractivity contribution in [2.75, 3.05) is 4.72 Å². The highest BCUT2D eigenvalue weighted by atomic mass is 32.3. The molecule has 10 nitrogen and oxygen atoms in total. The second kappa shape index (κ2) is 11.6. The second-order valence-electron chi connectivity index (χ2n) is 10.1. The molecule has 0 bridgehead atoms. The number of para-hydroxylation sites is 1. The number of amides is 1. The number of anilines is 1. The number of carbonyl (C=O) groups excluding carboxylic acids is 2. The first kappa shape index (κ1) is 28.1. The fraction of sp³-hybridized carbons (Fsp3) is 0.200. The zero-order valence-electron chi connectivity index (χ0n) is 22.5. The normalized spacial score (nSPS) is 12.9. The zero-order valence-corrected chi connectivity index (χ0v) is 23.3. The van der Waals surface area contributed by atoms with Crippen LogP contribution in [0.3, 0.4) is 0 Å². The first-order valence-electron chi connectivity index (χ1n) is 13.0. The highest BCUT2D eigenvalue weighted by Gasteiger charge is 2.27. The SMILES string of the molecule is CC(C)C[C@H](NC(=O)OCc1ccccc1)C(=O)n1cc(O)c(NS(O)(O)c2ccc3oc4ccccc4c3c2)c1. The Morgan fingerprint density at radius 2 is 1.66 bits per heavy atom. The zero-order chi connectivity index (χ0) is 29.1. The summed E-state index contributed by atoms with van der Waals surface area (Å²) in [5, 5.41) is 14.7. The van der Waals surface area contributed by atoms with Gasteiger partial charge in [-0.2, -0.15) is 0 Å². The number of nitrogens with zero attached hydrogens (tertiary/aromatic N) is 1. The van der Waals surface area contributed by atoms with Gasteiger partial charge in [0.25, 0.3) is 5.91 Å². The average Bonchev–Trinajstić information content (AvgIpc) is 3.50. The average molecular weight is 578 g/mol. The van der Waals surface area contributed by atoms with Gasteiger partial charge in [0.1, 0.15) is 29.5 Å². The van der Waals surface area contributed by atoms with Crippen molar-refractivity contribution >= 4 is 50.4 Å². The number of fused-ring (bicyclic) bond motifs is 3. The summed E-state index contributed by atoms with van der Waals surface area (Å²) in [6.45, 7) is 3.87. The van der Waals surface area contributed by atoms with E-state index in [2.05, 4.69) is 10.0 Å². The van der Waals surface area contributed by atoms with Gasteiger partial charge in [-0.05, 0) is 42.2 Å². The van der Waals surface area contributed by atoms with Crippen molar-refractivity contribution in [1.29, 1.82) is 0 Å². The van der Waals surface area contributed by atoms with Gasteiger partial charge < -0.3 is 19.6 Å². The molecule has 0 saturated carbocycles. The van der Waals surface area contributed by atoms with E-state index in [1.54, 1.807) is 12.1 Å². The van der Waals surface area contributed by atoms with Crippen LogP contribution in [-0.4, -0.2) is 36.8 Å². The lowest BCUT2D eigenvalue weighted by Gasteiger charge is -2.33. The van der Waals surface area contributed by atoms with E-state index >= 15 is 0 Å². The standard InChI is InChI=1S/C30H31N3O7S/c1-19(2)14-24(31-30(36)39-18-20-8-4-3-5-9-20)29(35)33-16-25(26(34)17-33)32-41(37,38)21-12-13-28-23(15-21)22-10-6-7-11-27(22)40-28/h3-13,15-17,19,24,32,34,37-38H,14,18H2,1-2H3,(H,31,36)/t24-/m0/s1. The molecule has 1 amide bonds. The van der Waals surface area contributed by atoms with Crippen LogP contribution in [0, 0.1) is 5.92 Å². The monoisotopic (exact) mass is 577 g/mol. The molecular formula is C30H31N3O7S. The van der Waals surface area contributed by atoms with Crippen LogP contribution in [-0.2, 0) is 11.3 Å². The van der Waals surface area contributed by atoms with Crippen LogP contribution in [0.15, 0.2) is 94.5 Å². The van der Waals surface area contributed by atoms with Crippen molar-refractivity contribution in [3.63, 3.8) is 0 Å². The molecule has 0 aliphatic heterocycles. The number of aromatic nitrogens is 1. The molecule has 41 heavy (non-hydrogen) atoms.